The van der Waals surface area contributed by atoms with Crippen LogP contribution in [0.2, 0.25) is 0 Å². The van der Waals surface area contributed by atoms with Crippen LogP contribution in [0.3, 0.4) is 0 Å². The second kappa shape index (κ2) is 7.95. The maximum Gasteiger partial charge on any atom is 0.196 e. The summed E-state index contributed by atoms with van der Waals surface area (Å²) in [6.07, 6.45) is 0. The van der Waals surface area contributed by atoms with Crippen LogP contribution < -0.4 is 0 Å². The summed E-state index contributed by atoms with van der Waals surface area (Å²) in [5.41, 5.74) is 3.57. The molecule has 2 heterocycles. The molecule has 0 saturated carbocycles. The highest BCUT2D eigenvalue weighted by Gasteiger charge is 2.58. The molecule has 1 fully saturated rings. The first-order valence-corrected chi connectivity index (χ1v) is 11.8. The van der Waals surface area contributed by atoms with Crippen LogP contribution in [0.5, 0.6) is 0 Å². The van der Waals surface area contributed by atoms with Gasteiger partial charge in [-0.3, -0.25) is 19.4 Å². The molecule has 2 aliphatic rings. The van der Waals surface area contributed by atoms with Crippen LogP contribution >= 0.6 is 11.7 Å². The van der Waals surface area contributed by atoms with Gasteiger partial charge in [-0.25, -0.2) is 0 Å². The zero-order valence-electron chi connectivity index (χ0n) is 18.0. The number of aromatic nitrogens is 2. The number of carbonyl (C=O) groups excluding carboxylic acids is 2. The van der Waals surface area contributed by atoms with E-state index in [1.807, 2.05) is 54.6 Å². The SMILES string of the molecule is O=C1c2ccccc2C(=O)C1(c1ccccc1)N1CCN(Cc2cccc3nsnc23)CC1. The number of Topliss-reactive ketones (excluding diaryl/α,β-unsaturated/α-hetero) is 2. The van der Waals surface area contributed by atoms with Crippen molar-refractivity contribution in [2.24, 2.45) is 0 Å². The summed E-state index contributed by atoms with van der Waals surface area (Å²) in [7, 11) is 0. The smallest absolute Gasteiger partial charge is 0.196 e. The fraction of sp³-hybridized carbons (Fsp3) is 0.231. The third-order valence-corrected chi connectivity index (χ3v) is 7.42. The van der Waals surface area contributed by atoms with Crippen LogP contribution in [0.4, 0.5) is 0 Å². The van der Waals surface area contributed by atoms with Gasteiger partial charge < -0.3 is 0 Å². The highest BCUT2D eigenvalue weighted by molar-refractivity contribution is 7.00. The summed E-state index contributed by atoms with van der Waals surface area (Å²) in [5, 5.41) is 0. The Hall–Kier alpha value is -3.26. The van der Waals surface area contributed by atoms with Crippen LogP contribution in [0.15, 0.2) is 72.8 Å². The molecule has 0 amide bonds. The summed E-state index contributed by atoms with van der Waals surface area (Å²) in [6.45, 7) is 3.56. The summed E-state index contributed by atoms with van der Waals surface area (Å²) in [5.74, 6) is -0.220. The van der Waals surface area contributed by atoms with E-state index in [0.717, 1.165) is 41.8 Å². The molecule has 4 aromatic rings. The monoisotopic (exact) mass is 454 g/mol. The van der Waals surface area contributed by atoms with E-state index in [1.54, 1.807) is 12.1 Å². The number of carbonyl (C=O) groups is 2. The van der Waals surface area contributed by atoms with Crippen molar-refractivity contribution in [1.29, 1.82) is 0 Å². The van der Waals surface area contributed by atoms with E-state index in [0.29, 0.717) is 24.2 Å². The van der Waals surface area contributed by atoms with Crippen molar-refractivity contribution in [1.82, 2.24) is 18.5 Å². The van der Waals surface area contributed by atoms with Crippen molar-refractivity contribution >= 4 is 34.3 Å². The number of ketones is 2. The molecule has 6 rings (SSSR count). The number of hydrogen-bond donors (Lipinski definition) is 0. The van der Waals surface area contributed by atoms with Gasteiger partial charge in [-0.2, -0.15) is 8.75 Å². The van der Waals surface area contributed by atoms with Crippen molar-refractivity contribution in [3.05, 3.63) is 95.1 Å². The lowest BCUT2D eigenvalue weighted by molar-refractivity contribution is 0.0280. The minimum absolute atomic E-state index is 0.110. The Balaban J connectivity index is 1.31. The minimum Gasteiger partial charge on any atom is -0.296 e. The number of hydrogen-bond acceptors (Lipinski definition) is 7. The fourth-order valence-electron chi connectivity index (χ4n) is 5.26. The van der Waals surface area contributed by atoms with E-state index in [2.05, 4.69) is 24.6 Å². The average Bonchev–Trinajstić information content (AvgIpc) is 3.43. The Morgan fingerprint density at radius 3 is 2.12 bits per heavy atom. The molecule has 1 aliphatic carbocycles. The average molecular weight is 455 g/mol. The Morgan fingerprint density at radius 1 is 0.758 bits per heavy atom. The molecule has 1 saturated heterocycles. The molecule has 164 valence electrons. The van der Waals surface area contributed by atoms with E-state index in [4.69, 9.17) is 0 Å². The largest absolute Gasteiger partial charge is 0.296 e. The first kappa shape index (κ1) is 20.4. The first-order chi connectivity index (χ1) is 16.2. The van der Waals surface area contributed by atoms with Gasteiger partial charge in [0.1, 0.15) is 11.0 Å². The molecule has 33 heavy (non-hydrogen) atoms. The predicted octanol–water partition coefficient (Wildman–Crippen LogP) is 3.78. The normalized spacial score (nSPS) is 18.7. The van der Waals surface area contributed by atoms with E-state index >= 15 is 0 Å². The maximum atomic E-state index is 13.8. The third-order valence-electron chi connectivity index (χ3n) is 6.88. The Labute approximate surface area is 195 Å². The maximum absolute atomic E-state index is 13.8. The highest BCUT2D eigenvalue weighted by atomic mass is 32.1. The van der Waals surface area contributed by atoms with E-state index in [-0.39, 0.29) is 11.6 Å². The van der Waals surface area contributed by atoms with Crippen LogP contribution in [0, 0.1) is 0 Å². The molecule has 1 aromatic heterocycles. The van der Waals surface area contributed by atoms with Gasteiger partial charge in [-0.05, 0) is 17.2 Å². The number of fused-ring (bicyclic) bond motifs is 2. The Bertz CT molecular complexity index is 1320. The molecule has 7 heteroatoms. The molecule has 0 unspecified atom stereocenters. The van der Waals surface area contributed by atoms with Crippen molar-refractivity contribution in [2.75, 3.05) is 26.2 Å². The third kappa shape index (κ3) is 3.08. The highest BCUT2D eigenvalue weighted by Crippen LogP contribution is 2.43. The van der Waals surface area contributed by atoms with Crippen LogP contribution in [-0.2, 0) is 12.1 Å². The second-order valence-corrected chi connectivity index (χ2v) is 9.12. The summed E-state index contributed by atoms with van der Waals surface area (Å²) < 4.78 is 8.80. The van der Waals surface area contributed by atoms with Gasteiger partial charge in [-0.15, -0.1) is 0 Å². The lowest BCUT2D eigenvalue weighted by atomic mass is 9.82. The molecular formula is C26H22N4O2S. The van der Waals surface area contributed by atoms with Crippen LogP contribution in [0.25, 0.3) is 11.0 Å². The molecule has 3 aromatic carbocycles. The van der Waals surface area contributed by atoms with Crippen molar-refractivity contribution in [3.8, 4) is 0 Å². The van der Waals surface area contributed by atoms with Gasteiger partial charge in [0.25, 0.3) is 0 Å². The molecule has 0 spiro atoms. The lowest BCUT2D eigenvalue weighted by Crippen LogP contribution is -2.60. The molecule has 0 N–H and O–H groups in total. The number of benzene rings is 3. The van der Waals surface area contributed by atoms with E-state index in [9.17, 15) is 9.59 Å². The zero-order chi connectivity index (χ0) is 22.4. The Morgan fingerprint density at radius 2 is 1.42 bits per heavy atom. The summed E-state index contributed by atoms with van der Waals surface area (Å²) >= 11 is 1.24. The van der Waals surface area contributed by atoms with Gasteiger partial charge in [0.15, 0.2) is 17.1 Å². The van der Waals surface area contributed by atoms with Crippen molar-refractivity contribution in [3.63, 3.8) is 0 Å². The topological polar surface area (TPSA) is 66.4 Å². The predicted molar refractivity (Wildman–Crippen MR) is 127 cm³/mol. The molecule has 6 nitrogen and oxygen atoms in total. The van der Waals surface area contributed by atoms with Gasteiger partial charge in [0, 0.05) is 43.9 Å². The quantitative estimate of drug-likeness (QED) is 0.437. The molecule has 1 aliphatic heterocycles. The molecule has 0 bridgehead atoms. The van der Waals surface area contributed by atoms with E-state index in [1.165, 1.54) is 11.7 Å². The van der Waals surface area contributed by atoms with E-state index < -0.39 is 5.54 Å². The molecular weight excluding hydrogens is 432 g/mol. The number of piperazine rings is 1. The zero-order valence-corrected chi connectivity index (χ0v) is 18.8. The minimum atomic E-state index is -1.28. The van der Waals surface area contributed by atoms with Gasteiger partial charge >= 0.3 is 0 Å². The molecule has 0 atom stereocenters. The fourth-order valence-corrected chi connectivity index (χ4v) is 5.82. The van der Waals surface area contributed by atoms with Crippen molar-refractivity contribution < 1.29 is 9.59 Å². The Kier molecular flexibility index (Phi) is 4.90. The number of nitrogens with zero attached hydrogens (tertiary/aromatic N) is 4. The lowest BCUT2D eigenvalue weighted by Gasteiger charge is -2.44. The van der Waals surface area contributed by atoms with Gasteiger partial charge in [0.2, 0.25) is 0 Å². The number of rotatable bonds is 4. The van der Waals surface area contributed by atoms with Crippen LogP contribution in [0.1, 0.15) is 31.8 Å². The summed E-state index contributed by atoms with van der Waals surface area (Å²) in [6, 6.07) is 22.9. The second-order valence-electron chi connectivity index (χ2n) is 8.59. The first-order valence-electron chi connectivity index (χ1n) is 11.1. The van der Waals surface area contributed by atoms with Gasteiger partial charge in [0.05, 0.1) is 11.7 Å². The standard InChI is InChI=1S/C26H22N4O2S/c31-24-20-10-4-5-11-21(20)25(32)26(24,19-8-2-1-3-9-19)30-15-13-29(14-16-30)17-18-7-6-12-22-23(18)28-33-27-22/h1-12H,13-17H2. The van der Waals surface area contributed by atoms with Crippen molar-refractivity contribution in [2.45, 2.75) is 12.1 Å². The van der Waals surface area contributed by atoms with Gasteiger partial charge in [-0.1, -0.05) is 66.7 Å². The molecule has 0 radical (unpaired) electrons. The summed E-state index contributed by atoms with van der Waals surface area (Å²) in [4.78, 5) is 32.1. The van der Waals surface area contributed by atoms with Crippen LogP contribution in [-0.4, -0.2) is 56.3 Å².